The van der Waals surface area contributed by atoms with E-state index in [4.69, 9.17) is 0 Å². The maximum atomic E-state index is 11.6. The lowest BCUT2D eigenvalue weighted by molar-refractivity contribution is -0.126. The first-order valence-electron chi connectivity index (χ1n) is 6.02. The number of allylic oxidation sites excluding steroid dienone is 4. The van der Waals surface area contributed by atoms with E-state index in [0.29, 0.717) is 6.54 Å². The minimum atomic E-state index is 0.0714. The standard InChI is InChI=1S/C14H19NO.C2H4/c1-5-13(6-2)10-15(12(4)16)14-9-7-8-11(14)3;1-2/h5-7,9H,1,8,10H2,2-4H3;1-2H2/b13-6+;. The van der Waals surface area contributed by atoms with Gasteiger partial charge in [0.25, 0.3) is 0 Å². The molecule has 0 aromatic carbocycles. The highest BCUT2D eigenvalue weighted by Crippen LogP contribution is 2.23. The van der Waals surface area contributed by atoms with Crippen molar-refractivity contribution in [3.05, 3.63) is 60.9 Å². The molecule has 0 bridgehead atoms. The fraction of sp³-hybridized carbons (Fsp3) is 0.312. The monoisotopic (exact) mass is 245 g/mol. The maximum absolute atomic E-state index is 11.6. The number of hydrogen-bond donors (Lipinski definition) is 0. The van der Waals surface area contributed by atoms with E-state index in [1.165, 1.54) is 5.57 Å². The number of rotatable bonds is 4. The summed E-state index contributed by atoms with van der Waals surface area (Å²) in [6.07, 6.45) is 8.83. The molecule has 0 spiro atoms. The van der Waals surface area contributed by atoms with Gasteiger partial charge in [0.2, 0.25) is 5.91 Å². The third-order valence-corrected chi connectivity index (χ3v) is 2.78. The summed E-state index contributed by atoms with van der Waals surface area (Å²) in [5, 5.41) is 0. The lowest BCUT2D eigenvalue weighted by atomic mass is 10.2. The number of hydrogen-bond acceptors (Lipinski definition) is 1. The van der Waals surface area contributed by atoms with Crippen LogP contribution in [-0.4, -0.2) is 17.4 Å². The van der Waals surface area contributed by atoms with Crippen molar-refractivity contribution >= 4 is 5.91 Å². The molecule has 2 heteroatoms. The van der Waals surface area contributed by atoms with Gasteiger partial charge in [0.15, 0.2) is 0 Å². The predicted octanol–water partition coefficient (Wildman–Crippen LogP) is 4.00. The molecule has 0 N–H and O–H groups in total. The van der Waals surface area contributed by atoms with Gasteiger partial charge in [0.05, 0.1) is 6.54 Å². The third kappa shape index (κ3) is 4.21. The topological polar surface area (TPSA) is 20.3 Å². The predicted molar refractivity (Wildman–Crippen MR) is 79.1 cm³/mol. The lowest BCUT2D eigenvalue weighted by Crippen LogP contribution is -2.29. The second-order valence-corrected chi connectivity index (χ2v) is 3.94. The van der Waals surface area contributed by atoms with Crippen LogP contribution >= 0.6 is 0 Å². The van der Waals surface area contributed by atoms with Crippen LogP contribution in [0.5, 0.6) is 0 Å². The van der Waals surface area contributed by atoms with Crippen molar-refractivity contribution in [2.45, 2.75) is 27.2 Å². The smallest absolute Gasteiger partial charge is 0.224 e. The summed E-state index contributed by atoms with van der Waals surface area (Å²) in [5.41, 5.74) is 3.35. The maximum Gasteiger partial charge on any atom is 0.224 e. The van der Waals surface area contributed by atoms with E-state index in [0.717, 1.165) is 17.7 Å². The molecule has 2 nitrogen and oxygen atoms in total. The van der Waals surface area contributed by atoms with Crippen molar-refractivity contribution < 1.29 is 4.79 Å². The Labute approximate surface area is 111 Å². The van der Waals surface area contributed by atoms with Crippen LogP contribution in [0.15, 0.2) is 60.9 Å². The molecule has 0 radical (unpaired) electrons. The second-order valence-electron chi connectivity index (χ2n) is 3.94. The van der Waals surface area contributed by atoms with Gasteiger partial charge in [-0.2, -0.15) is 0 Å². The summed E-state index contributed by atoms with van der Waals surface area (Å²) >= 11 is 0. The van der Waals surface area contributed by atoms with E-state index in [-0.39, 0.29) is 5.91 Å². The van der Waals surface area contributed by atoms with Crippen LogP contribution in [0.3, 0.4) is 0 Å². The summed E-state index contributed by atoms with van der Waals surface area (Å²) in [6, 6.07) is 0. The number of amides is 1. The van der Waals surface area contributed by atoms with Crippen molar-refractivity contribution in [1.29, 1.82) is 0 Å². The molecule has 0 aromatic heterocycles. The Morgan fingerprint density at radius 1 is 1.50 bits per heavy atom. The molecule has 1 rings (SSSR count). The largest absolute Gasteiger partial charge is 0.308 e. The van der Waals surface area contributed by atoms with E-state index in [1.54, 1.807) is 17.9 Å². The van der Waals surface area contributed by atoms with E-state index in [2.05, 4.69) is 32.7 Å². The van der Waals surface area contributed by atoms with E-state index >= 15 is 0 Å². The average Bonchev–Trinajstić information content (AvgIpc) is 2.79. The van der Waals surface area contributed by atoms with Crippen LogP contribution in [0.25, 0.3) is 0 Å². The molecule has 98 valence electrons. The molecule has 0 unspecified atom stereocenters. The summed E-state index contributed by atoms with van der Waals surface area (Å²) < 4.78 is 0. The first-order valence-corrected chi connectivity index (χ1v) is 6.02. The normalized spacial score (nSPS) is 14.1. The Balaban J connectivity index is 0.00000137. The summed E-state index contributed by atoms with van der Waals surface area (Å²) in [5.74, 6) is 0.0714. The third-order valence-electron chi connectivity index (χ3n) is 2.78. The summed E-state index contributed by atoms with van der Waals surface area (Å²) in [4.78, 5) is 13.4. The molecule has 18 heavy (non-hydrogen) atoms. The molecule has 0 saturated heterocycles. The minimum Gasteiger partial charge on any atom is -0.308 e. The van der Waals surface area contributed by atoms with Gasteiger partial charge in [-0.15, -0.1) is 13.2 Å². The Hall–Kier alpha value is -1.83. The Morgan fingerprint density at radius 3 is 2.44 bits per heavy atom. The molecule has 0 fully saturated rings. The fourth-order valence-corrected chi connectivity index (χ4v) is 1.74. The van der Waals surface area contributed by atoms with Gasteiger partial charge in [-0.3, -0.25) is 4.79 Å². The molecule has 0 saturated carbocycles. The van der Waals surface area contributed by atoms with Crippen molar-refractivity contribution in [2.24, 2.45) is 0 Å². The first-order chi connectivity index (χ1) is 8.60. The van der Waals surface area contributed by atoms with Gasteiger partial charge in [-0.05, 0) is 37.5 Å². The highest BCUT2D eigenvalue weighted by Gasteiger charge is 2.17. The van der Waals surface area contributed by atoms with Crippen LogP contribution in [0.1, 0.15) is 27.2 Å². The van der Waals surface area contributed by atoms with Gasteiger partial charge in [0, 0.05) is 12.6 Å². The highest BCUT2D eigenvalue weighted by atomic mass is 16.2. The van der Waals surface area contributed by atoms with Crippen molar-refractivity contribution in [3.8, 4) is 0 Å². The Kier molecular flexibility index (Phi) is 7.45. The molecular formula is C16H23NO. The average molecular weight is 245 g/mol. The quantitative estimate of drug-likeness (QED) is 0.541. The van der Waals surface area contributed by atoms with Gasteiger partial charge in [-0.1, -0.05) is 24.8 Å². The lowest BCUT2D eigenvalue weighted by Gasteiger charge is -2.23. The summed E-state index contributed by atoms with van der Waals surface area (Å²) in [7, 11) is 0. The van der Waals surface area contributed by atoms with Crippen molar-refractivity contribution in [3.63, 3.8) is 0 Å². The number of carbonyl (C=O) groups excluding carboxylic acids is 1. The van der Waals surface area contributed by atoms with E-state index < -0.39 is 0 Å². The van der Waals surface area contributed by atoms with Crippen LogP contribution in [-0.2, 0) is 4.79 Å². The van der Waals surface area contributed by atoms with Crippen LogP contribution < -0.4 is 0 Å². The van der Waals surface area contributed by atoms with Gasteiger partial charge >= 0.3 is 0 Å². The van der Waals surface area contributed by atoms with Crippen molar-refractivity contribution in [2.75, 3.05) is 6.54 Å². The second kappa shape index (κ2) is 8.29. The molecule has 0 heterocycles. The number of nitrogens with zero attached hydrogens (tertiary/aromatic N) is 1. The highest BCUT2D eigenvalue weighted by molar-refractivity contribution is 5.77. The number of carbonyl (C=O) groups is 1. The zero-order chi connectivity index (χ0) is 14.1. The Morgan fingerprint density at radius 2 is 2.11 bits per heavy atom. The molecule has 0 aromatic rings. The van der Waals surface area contributed by atoms with Crippen LogP contribution in [0.4, 0.5) is 0 Å². The van der Waals surface area contributed by atoms with Crippen LogP contribution in [0, 0.1) is 0 Å². The molecule has 0 atom stereocenters. The molecule has 1 aliphatic carbocycles. The fourth-order valence-electron chi connectivity index (χ4n) is 1.74. The zero-order valence-electron chi connectivity index (χ0n) is 11.7. The minimum absolute atomic E-state index is 0.0714. The SMILES string of the molecule is C=C.C=C/C(=C\C)CN(C(C)=O)C1=C(C)CC=C1. The molecule has 1 amide bonds. The zero-order valence-corrected chi connectivity index (χ0v) is 11.7. The van der Waals surface area contributed by atoms with Crippen LogP contribution in [0.2, 0.25) is 0 Å². The van der Waals surface area contributed by atoms with E-state index in [1.807, 2.05) is 19.1 Å². The first kappa shape index (κ1) is 16.2. The van der Waals surface area contributed by atoms with Crippen molar-refractivity contribution in [1.82, 2.24) is 4.90 Å². The Bertz CT molecular complexity index is 399. The van der Waals surface area contributed by atoms with E-state index in [9.17, 15) is 4.79 Å². The van der Waals surface area contributed by atoms with Gasteiger partial charge in [0.1, 0.15) is 0 Å². The summed E-state index contributed by atoms with van der Waals surface area (Å²) in [6.45, 7) is 16.0. The molecule has 0 aliphatic heterocycles. The van der Waals surface area contributed by atoms with Gasteiger partial charge in [-0.25, -0.2) is 0 Å². The molecule has 1 aliphatic rings. The molecular weight excluding hydrogens is 222 g/mol. The van der Waals surface area contributed by atoms with Gasteiger partial charge < -0.3 is 4.90 Å².